The van der Waals surface area contributed by atoms with Gasteiger partial charge >= 0.3 is 6.18 Å². The summed E-state index contributed by atoms with van der Waals surface area (Å²) in [5.41, 5.74) is 4.28. The van der Waals surface area contributed by atoms with E-state index in [1.165, 1.54) is 0 Å². The number of fused-ring (bicyclic) bond motifs is 1. The molecule has 0 amide bonds. The molecule has 4 aromatic carbocycles. The molecular formula is C35H30ClF3N2O. The van der Waals surface area contributed by atoms with Crippen molar-refractivity contribution in [3.8, 4) is 0 Å². The van der Waals surface area contributed by atoms with Crippen LogP contribution >= 0.6 is 11.6 Å². The molecule has 0 aliphatic heterocycles. The van der Waals surface area contributed by atoms with Crippen molar-refractivity contribution in [3.05, 3.63) is 160 Å². The van der Waals surface area contributed by atoms with Crippen molar-refractivity contribution in [1.82, 2.24) is 9.55 Å². The molecule has 42 heavy (non-hydrogen) atoms. The molecule has 0 fully saturated rings. The van der Waals surface area contributed by atoms with Crippen LogP contribution in [0.25, 0.3) is 0 Å². The second-order valence-electron chi connectivity index (χ2n) is 10.7. The van der Waals surface area contributed by atoms with Crippen LogP contribution in [-0.4, -0.2) is 21.8 Å². The number of benzene rings is 4. The van der Waals surface area contributed by atoms with E-state index in [0.29, 0.717) is 23.4 Å². The molecule has 1 aliphatic rings. The minimum Gasteiger partial charge on any atom is -0.364 e. The van der Waals surface area contributed by atoms with E-state index in [1.807, 2.05) is 54.6 Å². The van der Waals surface area contributed by atoms with Gasteiger partial charge in [0.15, 0.2) is 6.10 Å². The van der Waals surface area contributed by atoms with E-state index in [4.69, 9.17) is 21.3 Å². The first kappa shape index (κ1) is 28.3. The van der Waals surface area contributed by atoms with Gasteiger partial charge in [0.05, 0.1) is 18.6 Å². The Morgan fingerprint density at radius 1 is 0.786 bits per heavy atom. The first-order valence-electron chi connectivity index (χ1n) is 14.0. The summed E-state index contributed by atoms with van der Waals surface area (Å²) < 4.78 is 51.4. The second kappa shape index (κ2) is 11.8. The maximum absolute atomic E-state index is 14.6. The van der Waals surface area contributed by atoms with Crippen LogP contribution in [0.3, 0.4) is 0 Å². The third-order valence-corrected chi connectivity index (χ3v) is 8.59. The first-order chi connectivity index (χ1) is 20.4. The van der Waals surface area contributed by atoms with Gasteiger partial charge in [-0.3, -0.25) is 0 Å². The fourth-order valence-electron chi connectivity index (χ4n) is 6.30. The lowest BCUT2D eigenvalue weighted by molar-refractivity contribution is -0.241. The average Bonchev–Trinajstić information content (AvgIpc) is 3.43. The first-order valence-corrected chi connectivity index (χ1v) is 14.4. The molecule has 0 saturated carbocycles. The van der Waals surface area contributed by atoms with Crippen LogP contribution < -0.4 is 0 Å². The molecule has 1 heterocycles. The summed E-state index contributed by atoms with van der Waals surface area (Å²) in [7, 11) is 0. The molecule has 1 aromatic heterocycles. The zero-order valence-corrected chi connectivity index (χ0v) is 23.6. The van der Waals surface area contributed by atoms with Crippen molar-refractivity contribution in [2.75, 3.05) is 0 Å². The Labute approximate surface area is 248 Å². The molecule has 0 N–H and O–H groups in total. The van der Waals surface area contributed by atoms with Gasteiger partial charge < -0.3 is 9.30 Å². The van der Waals surface area contributed by atoms with Crippen molar-refractivity contribution in [1.29, 1.82) is 0 Å². The highest BCUT2D eigenvalue weighted by atomic mass is 35.5. The van der Waals surface area contributed by atoms with Gasteiger partial charge in [-0.05, 0) is 53.5 Å². The summed E-state index contributed by atoms with van der Waals surface area (Å²) in [4.78, 5) is 4.78. The van der Waals surface area contributed by atoms with Crippen LogP contribution in [0.15, 0.2) is 122 Å². The van der Waals surface area contributed by atoms with E-state index in [0.717, 1.165) is 28.1 Å². The van der Waals surface area contributed by atoms with Crippen LogP contribution in [0.2, 0.25) is 5.02 Å². The summed E-state index contributed by atoms with van der Waals surface area (Å²) in [6.07, 6.45) is -3.74. The van der Waals surface area contributed by atoms with Crippen molar-refractivity contribution in [2.24, 2.45) is 5.92 Å². The molecule has 5 aromatic rings. The molecule has 2 atom stereocenters. The van der Waals surface area contributed by atoms with Gasteiger partial charge in [-0.15, -0.1) is 0 Å². The largest absolute Gasteiger partial charge is 0.414 e. The Bertz CT molecular complexity index is 1520. The fourth-order valence-corrected chi connectivity index (χ4v) is 6.49. The number of halogens is 4. The predicted molar refractivity (Wildman–Crippen MR) is 158 cm³/mol. The van der Waals surface area contributed by atoms with Gasteiger partial charge in [-0.25, -0.2) is 4.98 Å². The topological polar surface area (TPSA) is 27.1 Å². The third-order valence-electron chi connectivity index (χ3n) is 8.22. The minimum absolute atomic E-state index is 0.177. The Morgan fingerprint density at radius 3 is 1.83 bits per heavy atom. The van der Waals surface area contributed by atoms with Crippen LogP contribution in [-0.2, 0) is 29.7 Å². The van der Waals surface area contributed by atoms with Crippen LogP contribution in [0.1, 0.15) is 40.1 Å². The SMILES string of the molecule is FC(F)(F)C(OCc1ccccc1Cl)C1CCc2ncn(C(c3ccccc3)(c3ccccc3)c3ccccc3)c2C1. The molecule has 7 heteroatoms. The molecule has 0 bridgehead atoms. The van der Waals surface area contributed by atoms with E-state index < -0.39 is 23.7 Å². The summed E-state index contributed by atoms with van der Waals surface area (Å²) in [5.74, 6) is -0.782. The molecule has 1 aliphatic carbocycles. The number of nitrogens with zero attached hydrogens (tertiary/aromatic N) is 2. The Hall–Kier alpha value is -3.87. The molecule has 0 radical (unpaired) electrons. The number of aromatic nitrogens is 2. The average molecular weight is 587 g/mol. The normalized spacial score (nSPS) is 16.1. The lowest BCUT2D eigenvalue weighted by atomic mass is 9.75. The van der Waals surface area contributed by atoms with E-state index in [2.05, 4.69) is 41.0 Å². The van der Waals surface area contributed by atoms with E-state index in [-0.39, 0.29) is 13.0 Å². The highest BCUT2D eigenvalue weighted by Crippen LogP contribution is 2.44. The number of alkyl halides is 3. The maximum atomic E-state index is 14.6. The zero-order valence-electron chi connectivity index (χ0n) is 22.8. The van der Waals surface area contributed by atoms with E-state index >= 15 is 0 Å². The summed E-state index contributed by atoms with van der Waals surface area (Å²) in [6, 6.07) is 37.1. The van der Waals surface area contributed by atoms with E-state index in [9.17, 15) is 13.2 Å². The van der Waals surface area contributed by atoms with Gasteiger partial charge in [0.2, 0.25) is 0 Å². The lowest BCUT2D eigenvalue weighted by Gasteiger charge is -2.40. The van der Waals surface area contributed by atoms with Crippen LogP contribution in [0.5, 0.6) is 0 Å². The predicted octanol–water partition coefficient (Wildman–Crippen LogP) is 8.63. The molecule has 2 unspecified atom stereocenters. The van der Waals surface area contributed by atoms with E-state index in [1.54, 1.807) is 30.6 Å². The highest BCUT2D eigenvalue weighted by Gasteiger charge is 2.48. The second-order valence-corrected chi connectivity index (χ2v) is 11.1. The van der Waals surface area contributed by atoms with Crippen molar-refractivity contribution in [2.45, 2.75) is 43.7 Å². The van der Waals surface area contributed by atoms with Crippen molar-refractivity contribution < 1.29 is 17.9 Å². The standard InChI is InChI=1S/C35H30ClF3N2O/c36-30-19-11-10-12-26(30)23-42-33(35(37,38)39)25-20-21-31-32(22-25)41(24-40-31)34(27-13-4-1-5-14-27,28-15-6-2-7-16-28)29-17-8-3-9-18-29/h1-19,24-25,33H,20-23H2. The summed E-state index contributed by atoms with van der Waals surface area (Å²) in [6.45, 7) is -0.214. The number of rotatable bonds is 8. The highest BCUT2D eigenvalue weighted by molar-refractivity contribution is 6.31. The van der Waals surface area contributed by atoms with Crippen molar-refractivity contribution in [3.63, 3.8) is 0 Å². The lowest BCUT2D eigenvalue weighted by Crippen LogP contribution is -2.43. The third kappa shape index (κ3) is 5.25. The monoisotopic (exact) mass is 586 g/mol. The number of aryl methyl sites for hydroxylation is 1. The molecule has 214 valence electrons. The summed E-state index contributed by atoms with van der Waals surface area (Å²) >= 11 is 6.23. The summed E-state index contributed by atoms with van der Waals surface area (Å²) in [5, 5.41) is 0.390. The molecular weight excluding hydrogens is 557 g/mol. The number of hydrogen-bond acceptors (Lipinski definition) is 2. The Kier molecular flexibility index (Phi) is 7.93. The zero-order chi connectivity index (χ0) is 29.2. The van der Waals surface area contributed by atoms with Gasteiger partial charge in [-0.2, -0.15) is 13.2 Å². The van der Waals surface area contributed by atoms with Gasteiger partial charge in [-0.1, -0.05) is 121 Å². The quantitative estimate of drug-likeness (QED) is 0.170. The van der Waals surface area contributed by atoms with Gasteiger partial charge in [0, 0.05) is 10.7 Å². The van der Waals surface area contributed by atoms with Crippen LogP contribution in [0, 0.1) is 5.92 Å². The molecule has 0 spiro atoms. The molecule has 6 rings (SSSR count). The number of hydrogen-bond donors (Lipinski definition) is 0. The Balaban J connectivity index is 1.46. The van der Waals surface area contributed by atoms with Crippen LogP contribution in [0.4, 0.5) is 13.2 Å². The number of ether oxygens (including phenoxy) is 1. The number of imidazole rings is 1. The van der Waals surface area contributed by atoms with Gasteiger partial charge in [0.1, 0.15) is 5.54 Å². The molecule has 3 nitrogen and oxygen atoms in total. The minimum atomic E-state index is -4.54. The van der Waals surface area contributed by atoms with Gasteiger partial charge in [0.25, 0.3) is 0 Å². The Morgan fingerprint density at radius 2 is 1.31 bits per heavy atom. The smallest absolute Gasteiger partial charge is 0.364 e. The maximum Gasteiger partial charge on any atom is 0.414 e. The molecule has 0 saturated heterocycles. The fraction of sp³-hybridized carbons (Fsp3) is 0.229. The van der Waals surface area contributed by atoms with Crippen molar-refractivity contribution >= 4 is 11.6 Å².